The number of nitrogens with two attached hydrogens (primary N) is 3. The van der Waals surface area contributed by atoms with E-state index in [0.717, 1.165) is 0 Å². The number of carbonyl (C=O) groups is 2. The molecular formula is C14H19Br2N5O4. The molecule has 1 rings (SSSR count). The molecule has 0 spiro atoms. The van der Waals surface area contributed by atoms with Gasteiger partial charge in [-0.15, -0.1) is 0 Å². The number of carbonyl (C=O) groups excluding carboxylic acids is 2. The first kappa shape index (κ1) is 21.0. The Labute approximate surface area is 161 Å². The lowest BCUT2D eigenvalue weighted by molar-refractivity contribution is -0.117. The highest BCUT2D eigenvalue weighted by molar-refractivity contribution is 9.11. The van der Waals surface area contributed by atoms with Gasteiger partial charge in [0.2, 0.25) is 5.91 Å². The van der Waals surface area contributed by atoms with Crippen molar-refractivity contribution in [3.05, 3.63) is 20.6 Å². The summed E-state index contributed by atoms with van der Waals surface area (Å²) in [5.74, 6) is -0.623. The summed E-state index contributed by atoms with van der Waals surface area (Å²) in [6.45, 7) is 0.837. The van der Waals surface area contributed by atoms with Crippen LogP contribution >= 0.6 is 31.9 Å². The highest BCUT2D eigenvalue weighted by Crippen LogP contribution is 2.40. The molecule has 138 valence electrons. The molecule has 0 aliphatic heterocycles. The highest BCUT2D eigenvalue weighted by atomic mass is 79.9. The zero-order valence-electron chi connectivity index (χ0n) is 13.2. The minimum atomic E-state index is -0.697. The first-order chi connectivity index (χ1) is 11.7. The van der Waals surface area contributed by atoms with Crippen LogP contribution in [0.1, 0.15) is 18.4 Å². The molecule has 0 unspecified atom stereocenters. The van der Waals surface area contributed by atoms with Crippen molar-refractivity contribution in [2.45, 2.75) is 19.3 Å². The SMILES string of the molecule is NC(=O)Cc1c(OC(=O)NCCCCN=C(N)N)cc(Br)c(O)c1Br. The summed E-state index contributed by atoms with van der Waals surface area (Å²) < 4.78 is 5.73. The number of halogens is 2. The quantitative estimate of drug-likeness (QED) is 0.212. The van der Waals surface area contributed by atoms with E-state index in [-0.39, 0.29) is 33.9 Å². The second kappa shape index (κ2) is 10.1. The Balaban J connectivity index is 2.67. The fraction of sp³-hybridized carbons (Fsp3) is 0.357. The minimum absolute atomic E-state index is 0.0258. The smallest absolute Gasteiger partial charge is 0.412 e. The van der Waals surface area contributed by atoms with Gasteiger partial charge in [-0.2, -0.15) is 0 Å². The van der Waals surface area contributed by atoms with E-state index >= 15 is 0 Å². The monoisotopic (exact) mass is 479 g/mol. The van der Waals surface area contributed by atoms with E-state index in [4.69, 9.17) is 21.9 Å². The number of phenols is 1. The zero-order chi connectivity index (χ0) is 19.0. The Kier molecular flexibility index (Phi) is 8.49. The number of phenolic OH excluding ortho intramolecular Hbond substituents is 1. The van der Waals surface area contributed by atoms with Crippen LogP contribution < -0.4 is 27.3 Å². The van der Waals surface area contributed by atoms with Gasteiger partial charge in [0.25, 0.3) is 0 Å². The normalized spacial score (nSPS) is 10.2. The van der Waals surface area contributed by atoms with Gasteiger partial charge in [-0.25, -0.2) is 4.79 Å². The second-order valence-corrected chi connectivity index (χ2v) is 6.62. The van der Waals surface area contributed by atoms with Crippen LogP contribution in [0.5, 0.6) is 11.5 Å². The maximum atomic E-state index is 11.9. The number of rotatable bonds is 8. The number of nitrogens with one attached hydrogen (secondary N) is 1. The maximum Gasteiger partial charge on any atom is 0.412 e. The molecule has 0 aliphatic carbocycles. The first-order valence-electron chi connectivity index (χ1n) is 7.21. The number of hydrogen-bond acceptors (Lipinski definition) is 5. The molecule has 11 heteroatoms. The number of ether oxygens (including phenoxy) is 1. The van der Waals surface area contributed by atoms with E-state index in [1.165, 1.54) is 6.07 Å². The summed E-state index contributed by atoms with van der Waals surface area (Å²) in [4.78, 5) is 26.9. The van der Waals surface area contributed by atoms with Crippen molar-refractivity contribution in [3.8, 4) is 11.5 Å². The summed E-state index contributed by atoms with van der Waals surface area (Å²) >= 11 is 6.30. The van der Waals surface area contributed by atoms with Crippen molar-refractivity contribution in [1.29, 1.82) is 0 Å². The van der Waals surface area contributed by atoms with Gasteiger partial charge in [0.05, 0.1) is 15.4 Å². The number of unbranched alkanes of at least 4 members (excludes halogenated alkanes) is 1. The van der Waals surface area contributed by atoms with Crippen molar-refractivity contribution in [2.75, 3.05) is 13.1 Å². The lowest BCUT2D eigenvalue weighted by atomic mass is 10.1. The van der Waals surface area contributed by atoms with Gasteiger partial charge < -0.3 is 32.4 Å². The van der Waals surface area contributed by atoms with E-state index in [0.29, 0.717) is 30.4 Å². The van der Waals surface area contributed by atoms with E-state index in [1.807, 2.05) is 0 Å². The summed E-state index contributed by atoms with van der Waals surface area (Å²) in [5, 5.41) is 12.5. The number of guanidine groups is 1. The average Bonchev–Trinajstić information content (AvgIpc) is 2.52. The Hall–Kier alpha value is -2.01. The van der Waals surface area contributed by atoms with E-state index in [2.05, 4.69) is 42.2 Å². The summed E-state index contributed by atoms with van der Waals surface area (Å²) in [6.07, 6.45) is 0.449. The molecule has 0 bridgehead atoms. The summed E-state index contributed by atoms with van der Waals surface area (Å²) in [6, 6.07) is 1.39. The van der Waals surface area contributed by atoms with Crippen molar-refractivity contribution >= 4 is 49.8 Å². The van der Waals surface area contributed by atoms with Gasteiger partial charge in [0.1, 0.15) is 11.5 Å². The zero-order valence-corrected chi connectivity index (χ0v) is 16.4. The lowest BCUT2D eigenvalue weighted by Gasteiger charge is -2.14. The molecule has 0 heterocycles. The molecule has 2 amide bonds. The molecule has 0 aromatic heterocycles. The Morgan fingerprint density at radius 2 is 1.92 bits per heavy atom. The summed E-state index contributed by atoms with van der Waals surface area (Å²) in [7, 11) is 0. The molecule has 0 saturated carbocycles. The lowest BCUT2D eigenvalue weighted by Crippen LogP contribution is -2.28. The first-order valence-corrected chi connectivity index (χ1v) is 8.80. The van der Waals surface area contributed by atoms with Gasteiger partial charge in [-0.05, 0) is 50.8 Å². The van der Waals surface area contributed by atoms with E-state index in [9.17, 15) is 14.7 Å². The predicted molar refractivity (Wildman–Crippen MR) is 100 cm³/mol. The van der Waals surface area contributed by atoms with Crippen LogP contribution in [0.3, 0.4) is 0 Å². The number of primary amides is 1. The fourth-order valence-electron chi connectivity index (χ4n) is 1.83. The van der Waals surface area contributed by atoms with Gasteiger partial charge >= 0.3 is 6.09 Å². The van der Waals surface area contributed by atoms with Crippen LogP contribution in [-0.4, -0.2) is 36.2 Å². The number of hydrogen-bond donors (Lipinski definition) is 5. The molecule has 8 N–H and O–H groups in total. The topological polar surface area (TPSA) is 166 Å². The summed E-state index contributed by atoms with van der Waals surface area (Å²) in [5.41, 5.74) is 15.9. The van der Waals surface area contributed by atoms with Crippen LogP contribution in [0.15, 0.2) is 20.0 Å². The number of amides is 2. The van der Waals surface area contributed by atoms with Crippen molar-refractivity contribution in [2.24, 2.45) is 22.2 Å². The molecule has 0 fully saturated rings. The molecule has 1 aromatic carbocycles. The van der Waals surface area contributed by atoms with Crippen LogP contribution in [-0.2, 0) is 11.2 Å². The third-order valence-electron chi connectivity index (χ3n) is 2.96. The number of aliphatic imine (C=N–C) groups is 1. The molecule has 0 aliphatic rings. The Bertz CT molecular complexity index is 678. The van der Waals surface area contributed by atoms with Crippen molar-refractivity contribution in [1.82, 2.24) is 5.32 Å². The van der Waals surface area contributed by atoms with Crippen molar-refractivity contribution < 1.29 is 19.4 Å². The van der Waals surface area contributed by atoms with E-state index in [1.54, 1.807) is 0 Å². The average molecular weight is 481 g/mol. The molecule has 0 radical (unpaired) electrons. The molecule has 25 heavy (non-hydrogen) atoms. The van der Waals surface area contributed by atoms with Crippen LogP contribution in [0.25, 0.3) is 0 Å². The minimum Gasteiger partial charge on any atom is -0.506 e. The van der Waals surface area contributed by atoms with Crippen LogP contribution in [0.4, 0.5) is 4.79 Å². The largest absolute Gasteiger partial charge is 0.506 e. The molecule has 1 aromatic rings. The standard InChI is InChI=1S/C14H19Br2N5O4/c15-8-6-9(7(5-10(17)22)11(16)12(8)23)25-14(24)21-4-2-1-3-20-13(18)19/h6,23H,1-5H2,(H2,17,22)(H,21,24)(H4,18,19,20). The van der Waals surface area contributed by atoms with Crippen molar-refractivity contribution in [3.63, 3.8) is 0 Å². The van der Waals surface area contributed by atoms with Gasteiger partial charge in [-0.3, -0.25) is 9.79 Å². The van der Waals surface area contributed by atoms with Gasteiger partial charge in [0.15, 0.2) is 5.96 Å². The Morgan fingerprint density at radius 1 is 1.24 bits per heavy atom. The molecule has 9 nitrogen and oxygen atoms in total. The Morgan fingerprint density at radius 3 is 2.52 bits per heavy atom. The molecule has 0 atom stereocenters. The number of benzene rings is 1. The molecule has 0 saturated heterocycles. The predicted octanol–water partition coefficient (Wildman–Crippen LogP) is 1.09. The van der Waals surface area contributed by atoms with Crippen LogP contribution in [0.2, 0.25) is 0 Å². The highest BCUT2D eigenvalue weighted by Gasteiger charge is 2.19. The molecular weight excluding hydrogens is 462 g/mol. The number of nitrogens with zero attached hydrogens (tertiary/aromatic N) is 1. The van der Waals surface area contributed by atoms with E-state index < -0.39 is 12.0 Å². The maximum absolute atomic E-state index is 11.9. The van der Waals surface area contributed by atoms with Gasteiger partial charge in [0, 0.05) is 18.7 Å². The van der Waals surface area contributed by atoms with Gasteiger partial charge in [-0.1, -0.05) is 0 Å². The third-order valence-corrected chi connectivity index (χ3v) is 4.42. The third kappa shape index (κ3) is 7.18. The fourth-order valence-corrected chi connectivity index (χ4v) is 3.05. The number of aromatic hydroxyl groups is 1. The van der Waals surface area contributed by atoms with Crippen LogP contribution in [0, 0.1) is 0 Å². The second-order valence-electron chi connectivity index (χ2n) is 4.97.